The quantitative estimate of drug-likeness (QED) is 0.706. The van der Waals surface area contributed by atoms with E-state index in [2.05, 4.69) is 48.0 Å². The van der Waals surface area contributed by atoms with Gasteiger partial charge in [0.1, 0.15) is 5.82 Å². The van der Waals surface area contributed by atoms with Crippen molar-refractivity contribution >= 4 is 0 Å². The molecule has 3 heterocycles. The van der Waals surface area contributed by atoms with Crippen LogP contribution in [0.5, 0.6) is 0 Å². The second kappa shape index (κ2) is 7.78. The van der Waals surface area contributed by atoms with Crippen LogP contribution in [0.3, 0.4) is 0 Å². The van der Waals surface area contributed by atoms with E-state index in [1.165, 1.54) is 36.8 Å². The number of nitrogens with one attached hydrogen (secondary N) is 1. The molecule has 0 bridgehead atoms. The van der Waals surface area contributed by atoms with E-state index in [-0.39, 0.29) is 16.6 Å². The number of fused-ring (bicyclic) bond motifs is 4. The van der Waals surface area contributed by atoms with E-state index in [1.807, 2.05) is 0 Å². The van der Waals surface area contributed by atoms with E-state index in [9.17, 15) is 4.79 Å². The summed E-state index contributed by atoms with van der Waals surface area (Å²) in [6.07, 6.45) is 10.3. The van der Waals surface area contributed by atoms with Gasteiger partial charge in [0.15, 0.2) is 0 Å². The van der Waals surface area contributed by atoms with Crippen molar-refractivity contribution in [2.45, 2.75) is 89.2 Å². The van der Waals surface area contributed by atoms with Gasteiger partial charge in [0.05, 0.1) is 23.4 Å². The number of hydrogen-bond acceptors (Lipinski definition) is 4. The second-order valence-electron chi connectivity index (χ2n) is 11.9. The molecule has 1 saturated carbocycles. The van der Waals surface area contributed by atoms with Gasteiger partial charge in [-0.25, -0.2) is 4.98 Å². The Bertz CT molecular complexity index is 1110. The zero-order chi connectivity index (χ0) is 22.7. The maximum Gasteiger partial charge on any atom is 0.255 e. The summed E-state index contributed by atoms with van der Waals surface area (Å²) < 4.78 is 6.03. The highest BCUT2D eigenvalue weighted by Crippen LogP contribution is 2.50. The fourth-order valence-electron chi connectivity index (χ4n) is 7.71. The Morgan fingerprint density at radius 2 is 1.91 bits per heavy atom. The largest absolute Gasteiger partial charge is 0.376 e. The summed E-state index contributed by atoms with van der Waals surface area (Å²) in [6.45, 7) is 8.18. The standard InChI is InChI=1S/C28H37N3O2/c1-26(2)18-27(13-15-33-26)10-7-14-31(19-27)17-22-29-24-21-9-4-3-8-20(21)16-28(11-5-6-12-28)23(24)25(32)30-22/h3-4,8-9H,5-7,10-19H2,1-2H3,(H,29,30,32)/t27-/m0/s1. The summed E-state index contributed by atoms with van der Waals surface area (Å²) in [4.78, 5) is 24.5. The Labute approximate surface area is 197 Å². The van der Waals surface area contributed by atoms with Crippen molar-refractivity contribution in [2.75, 3.05) is 19.7 Å². The number of benzene rings is 1. The van der Waals surface area contributed by atoms with Crippen molar-refractivity contribution in [2.24, 2.45) is 5.41 Å². The van der Waals surface area contributed by atoms with Crippen LogP contribution in [0.4, 0.5) is 0 Å². The third-order valence-corrected chi connectivity index (χ3v) is 8.90. The number of ether oxygens (including phenoxy) is 1. The van der Waals surface area contributed by atoms with E-state index in [0.29, 0.717) is 5.41 Å². The Balaban J connectivity index is 1.33. The van der Waals surface area contributed by atoms with Crippen molar-refractivity contribution in [3.05, 3.63) is 51.6 Å². The summed E-state index contributed by atoms with van der Waals surface area (Å²) in [7, 11) is 0. The van der Waals surface area contributed by atoms with Gasteiger partial charge in [-0.3, -0.25) is 9.69 Å². The van der Waals surface area contributed by atoms with Crippen LogP contribution in [0.15, 0.2) is 29.1 Å². The lowest BCUT2D eigenvalue weighted by atomic mass is 9.68. The highest BCUT2D eigenvalue weighted by molar-refractivity contribution is 5.71. The molecule has 3 fully saturated rings. The van der Waals surface area contributed by atoms with Crippen LogP contribution in [-0.4, -0.2) is 40.2 Å². The molecule has 0 unspecified atom stereocenters. The van der Waals surface area contributed by atoms with Crippen molar-refractivity contribution < 1.29 is 4.74 Å². The van der Waals surface area contributed by atoms with Crippen LogP contribution in [0.2, 0.25) is 0 Å². The maximum atomic E-state index is 13.5. The molecule has 2 spiro atoms. The molecule has 4 aliphatic rings. The minimum atomic E-state index is -0.0427. The molecule has 1 aromatic heterocycles. The van der Waals surface area contributed by atoms with Gasteiger partial charge in [-0.05, 0) is 76.3 Å². The van der Waals surface area contributed by atoms with Gasteiger partial charge >= 0.3 is 0 Å². The first-order valence-electron chi connectivity index (χ1n) is 13.0. The number of aromatic nitrogens is 2. The molecule has 6 rings (SSSR count). The predicted molar refractivity (Wildman–Crippen MR) is 130 cm³/mol. The monoisotopic (exact) mass is 447 g/mol. The zero-order valence-corrected chi connectivity index (χ0v) is 20.2. The van der Waals surface area contributed by atoms with E-state index < -0.39 is 0 Å². The van der Waals surface area contributed by atoms with Crippen LogP contribution < -0.4 is 5.56 Å². The first-order valence-corrected chi connectivity index (χ1v) is 13.0. The Hall–Kier alpha value is -1.98. The number of nitrogens with zero attached hydrogens (tertiary/aromatic N) is 2. The van der Waals surface area contributed by atoms with Gasteiger partial charge in [-0.2, -0.15) is 0 Å². The summed E-state index contributed by atoms with van der Waals surface area (Å²) in [5, 5.41) is 0. The van der Waals surface area contributed by atoms with Crippen LogP contribution >= 0.6 is 0 Å². The number of hydrogen-bond donors (Lipinski definition) is 1. The molecular formula is C28H37N3O2. The lowest BCUT2D eigenvalue weighted by Crippen LogP contribution is -2.50. The third-order valence-electron chi connectivity index (χ3n) is 8.90. The smallest absolute Gasteiger partial charge is 0.255 e. The summed E-state index contributed by atoms with van der Waals surface area (Å²) in [6, 6.07) is 8.61. The topological polar surface area (TPSA) is 58.2 Å². The molecule has 0 radical (unpaired) electrons. The highest BCUT2D eigenvalue weighted by atomic mass is 16.5. The number of H-pyrrole nitrogens is 1. The first kappa shape index (κ1) is 21.5. The van der Waals surface area contributed by atoms with Crippen LogP contribution in [0.25, 0.3) is 11.3 Å². The third kappa shape index (κ3) is 3.77. The SMILES string of the molecule is CC1(C)C[C@]2(CCCN(Cc3nc4c(c(=O)[nH]3)C3(CCCC3)Cc3ccccc3-4)C2)CCO1. The van der Waals surface area contributed by atoms with Crippen LogP contribution in [0.1, 0.15) is 82.2 Å². The zero-order valence-electron chi connectivity index (χ0n) is 20.2. The molecule has 2 saturated heterocycles. The summed E-state index contributed by atoms with van der Waals surface area (Å²) >= 11 is 0. The molecule has 0 amide bonds. The van der Waals surface area contributed by atoms with E-state index in [0.717, 1.165) is 75.4 Å². The molecular weight excluding hydrogens is 410 g/mol. The molecule has 1 aromatic carbocycles. The Morgan fingerprint density at radius 1 is 1.09 bits per heavy atom. The van der Waals surface area contributed by atoms with Crippen LogP contribution in [0, 0.1) is 5.41 Å². The molecule has 5 heteroatoms. The maximum absolute atomic E-state index is 13.5. The summed E-state index contributed by atoms with van der Waals surface area (Å²) in [5.41, 5.74) is 4.81. The predicted octanol–water partition coefficient (Wildman–Crippen LogP) is 4.98. The number of aromatic amines is 1. The van der Waals surface area contributed by atoms with Gasteiger partial charge in [-0.1, -0.05) is 37.1 Å². The van der Waals surface area contributed by atoms with E-state index in [4.69, 9.17) is 9.72 Å². The molecule has 2 aliphatic carbocycles. The van der Waals surface area contributed by atoms with Crippen molar-refractivity contribution in [1.29, 1.82) is 0 Å². The average Bonchev–Trinajstić information content (AvgIpc) is 3.21. The van der Waals surface area contributed by atoms with Crippen LogP contribution in [-0.2, 0) is 23.1 Å². The Morgan fingerprint density at radius 3 is 2.73 bits per heavy atom. The molecule has 1 N–H and O–H groups in total. The van der Waals surface area contributed by atoms with Crippen molar-refractivity contribution in [3.8, 4) is 11.3 Å². The highest BCUT2D eigenvalue weighted by Gasteiger charge is 2.45. The molecule has 2 aliphatic heterocycles. The normalized spacial score (nSPS) is 28.1. The lowest BCUT2D eigenvalue weighted by Gasteiger charge is -2.50. The molecule has 5 nitrogen and oxygen atoms in total. The van der Waals surface area contributed by atoms with Gasteiger partial charge < -0.3 is 9.72 Å². The molecule has 1 atom stereocenters. The van der Waals surface area contributed by atoms with Crippen molar-refractivity contribution in [1.82, 2.24) is 14.9 Å². The van der Waals surface area contributed by atoms with Gasteiger partial charge in [0.25, 0.3) is 5.56 Å². The minimum Gasteiger partial charge on any atom is -0.376 e. The number of rotatable bonds is 2. The van der Waals surface area contributed by atoms with Gasteiger partial charge in [0.2, 0.25) is 0 Å². The molecule has 2 aromatic rings. The van der Waals surface area contributed by atoms with E-state index in [1.54, 1.807) is 0 Å². The summed E-state index contributed by atoms with van der Waals surface area (Å²) in [5.74, 6) is 0.826. The van der Waals surface area contributed by atoms with Gasteiger partial charge in [-0.15, -0.1) is 0 Å². The number of likely N-dealkylation sites (tertiary alicyclic amines) is 1. The minimum absolute atomic E-state index is 0.0222. The fraction of sp³-hybridized carbons (Fsp3) is 0.643. The average molecular weight is 448 g/mol. The number of piperidine rings is 1. The van der Waals surface area contributed by atoms with Crippen molar-refractivity contribution in [3.63, 3.8) is 0 Å². The molecule has 33 heavy (non-hydrogen) atoms. The molecule has 176 valence electrons. The lowest BCUT2D eigenvalue weighted by molar-refractivity contribution is -0.123. The first-order chi connectivity index (χ1) is 15.9. The Kier molecular flexibility index (Phi) is 5.08. The van der Waals surface area contributed by atoms with Gasteiger partial charge in [0, 0.05) is 24.1 Å². The fourth-order valence-corrected chi connectivity index (χ4v) is 7.71. The van der Waals surface area contributed by atoms with E-state index >= 15 is 0 Å². The second-order valence-corrected chi connectivity index (χ2v) is 11.9.